The molecule has 3 nitrogen and oxygen atoms in total. The van der Waals surface area contributed by atoms with Crippen LogP contribution in [0.25, 0.3) is 6.08 Å². The molecule has 1 amide bonds. The van der Waals surface area contributed by atoms with E-state index in [-0.39, 0.29) is 11.5 Å². The Bertz CT molecular complexity index is 492. The number of nitrogens with zero attached hydrogens (tertiary/aromatic N) is 2. The van der Waals surface area contributed by atoms with Gasteiger partial charge in [-0.05, 0) is 24.5 Å². The Kier molecular flexibility index (Phi) is 7.89. The van der Waals surface area contributed by atoms with Crippen molar-refractivity contribution in [2.45, 2.75) is 39.5 Å². The van der Waals surface area contributed by atoms with E-state index in [9.17, 15) is 10.1 Å². The first kappa shape index (κ1) is 17.0. The molecule has 21 heavy (non-hydrogen) atoms. The summed E-state index contributed by atoms with van der Waals surface area (Å²) < 4.78 is 0. The van der Waals surface area contributed by atoms with E-state index in [4.69, 9.17) is 0 Å². The zero-order valence-electron chi connectivity index (χ0n) is 13.0. The average Bonchev–Trinajstić information content (AvgIpc) is 2.53. The largest absolute Gasteiger partial charge is 0.338 e. The quantitative estimate of drug-likeness (QED) is 0.534. The minimum Gasteiger partial charge on any atom is -0.338 e. The molecule has 0 atom stereocenters. The molecule has 0 aliphatic carbocycles. The van der Waals surface area contributed by atoms with Crippen molar-refractivity contribution in [3.8, 4) is 6.07 Å². The summed E-state index contributed by atoms with van der Waals surface area (Å²) in [5.41, 5.74) is 1.10. The first-order valence-corrected chi connectivity index (χ1v) is 7.69. The summed E-state index contributed by atoms with van der Waals surface area (Å²) in [4.78, 5) is 14.3. The number of hydrogen-bond acceptors (Lipinski definition) is 2. The van der Waals surface area contributed by atoms with E-state index in [0.29, 0.717) is 0 Å². The van der Waals surface area contributed by atoms with E-state index in [1.54, 1.807) is 6.08 Å². The van der Waals surface area contributed by atoms with E-state index in [0.717, 1.165) is 44.3 Å². The summed E-state index contributed by atoms with van der Waals surface area (Å²) in [6, 6.07) is 11.6. The first-order valence-electron chi connectivity index (χ1n) is 7.69. The van der Waals surface area contributed by atoms with Crippen LogP contribution in [0.1, 0.15) is 45.1 Å². The van der Waals surface area contributed by atoms with Gasteiger partial charge in [-0.25, -0.2) is 0 Å². The second-order valence-electron chi connectivity index (χ2n) is 5.08. The number of nitriles is 1. The average molecular weight is 284 g/mol. The van der Waals surface area contributed by atoms with Gasteiger partial charge in [-0.1, -0.05) is 57.0 Å². The van der Waals surface area contributed by atoms with Gasteiger partial charge in [0.2, 0.25) is 0 Å². The molecule has 0 radical (unpaired) electrons. The minimum absolute atomic E-state index is 0.150. The highest BCUT2D eigenvalue weighted by molar-refractivity contribution is 6.01. The van der Waals surface area contributed by atoms with Crippen molar-refractivity contribution >= 4 is 12.0 Å². The van der Waals surface area contributed by atoms with Gasteiger partial charge in [0.1, 0.15) is 11.6 Å². The third kappa shape index (κ3) is 5.83. The van der Waals surface area contributed by atoms with Crippen LogP contribution >= 0.6 is 0 Å². The Labute approximate surface area is 127 Å². The van der Waals surface area contributed by atoms with Crippen LogP contribution < -0.4 is 0 Å². The molecule has 0 aliphatic rings. The van der Waals surface area contributed by atoms with Crippen LogP contribution in [0.3, 0.4) is 0 Å². The maximum absolute atomic E-state index is 12.5. The molecule has 1 aromatic carbocycles. The zero-order chi connectivity index (χ0) is 15.5. The fourth-order valence-electron chi connectivity index (χ4n) is 2.04. The minimum atomic E-state index is -0.150. The SMILES string of the molecule is CCCCN(CCCC)C(=O)/C(C#N)=C/c1ccccc1. The number of carbonyl (C=O) groups excluding carboxylic acids is 1. The molecule has 3 heteroatoms. The molecule has 0 spiro atoms. The second-order valence-corrected chi connectivity index (χ2v) is 5.08. The summed E-state index contributed by atoms with van der Waals surface area (Å²) in [7, 11) is 0. The predicted octanol–water partition coefficient (Wildman–Crippen LogP) is 4.02. The lowest BCUT2D eigenvalue weighted by Crippen LogP contribution is -2.33. The van der Waals surface area contributed by atoms with Gasteiger partial charge in [0.15, 0.2) is 0 Å². The van der Waals surface area contributed by atoms with Crippen LogP contribution in [0.4, 0.5) is 0 Å². The van der Waals surface area contributed by atoms with E-state index in [1.807, 2.05) is 35.2 Å². The van der Waals surface area contributed by atoms with E-state index >= 15 is 0 Å². The van der Waals surface area contributed by atoms with Gasteiger partial charge in [-0.2, -0.15) is 5.26 Å². The van der Waals surface area contributed by atoms with Crippen molar-refractivity contribution < 1.29 is 4.79 Å². The molecule has 0 N–H and O–H groups in total. The Morgan fingerprint density at radius 2 is 1.71 bits per heavy atom. The Morgan fingerprint density at radius 3 is 2.19 bits per heavy atom. The number of amides is 1. The lowest BCUT2D eigenvalue weighted by molar-refractivity contribution is -0.126. The summed E-state index contributed by atoms with van der Waals surface area (Å²) in [5, 5.41) is 9.29. The van der Waals surface area contributed by atoms with Crippen LogP contribution in [0.15, 0.2) is 35.9 Å². The van der Waals surface area contributed by atoms with E-state index < -0.39 is 0 Å². The van der Waals surface area contributed by atoms with Gasteiger partial charge in [0.25, 0.3) is 5.91 Å². The smallest absolute Gasteiger partial charge is 0.264 e. The molecule has 0 aromatic heterocycles. The van der Waals surface area contributed by atoms with Crippen molar-refractivity contribution in [2.24, 2.45) is 0 Å². The van der Waals surface area contributed by atoms with Crippen LogP contribution in [0, 0.1) is 11.3 Å². The monoisotopic (exact) mass is 284 g/mol. The standard InChI is InChI=1S/C18H24N2O/c1-3-5-12-20(13-6-4-2)18(21)17(15-19)14-16-10-8-7-9-11-16/h7-11,14H,3-6,12-13H2,1-2H3/b17-14+. The molecule has 112 valence electrons. The Balaban J connectivity index is 2.88. The molecule has 1 aromatic rings. The van der Waals surface area contributed by atoms with Gasteiger partial charge in [-0.3, -0.25) is 4.79 Å². The lowest BCUT2D eigenvalue weighted by Gasteiger charge is -2.22. The number of unbranched alkanes of at least 4 members (excludes halogenated alkanes) is 2. The van der Waals surface area contributed by atoms with Crippen molar-refractivity contribution in [3.63, 3.8) is 0 Å². The molecule has 0 aliphatic heterocycles. The van der Waals surface area contributed by atoms with Crippen LogP contribution in [-0.4, -0.2) is 23.9 Å². The molecule has 0 bridgehead atoms. The molecule has 0 saturated carbocycles. The molecule has 1 rings (SSSR count). The maximum atomic E-state index is 12.5. The van der Waals surface area contributed by atoms with Crippen LogP contribution in [0.2, 0.25) is 0 Å². The van der Waals surface area contributed by atoms with Gasteiger partial charge in [-0.15, -0.1) is 0 Å². The first-order chi connectivity index (χ1) is 10.2. The topological polar surface area (TPSA) is 44.1 Å². The highest BCUT2D eigenvalue weighted by Gasteiger charge is 2.17. The summed E-state index contributed by atoms with van der Waals surface area (Å²) in [5.74, 6) is -0.150. The molecular formula is C18H24N2O. The number of rotatable bonds is 8. The lowest BCUT2D eigenvalue weighted by atomic mass is 10.1. The van der Waals surface area contributed by atoms with Gasteiger partial charge >= 0.3 is 0 Å². The van der Waals surface area contributed by atoms with Crippen molar-refractivity contribution in [2.75, 3.05) is 13.1 Å². The molecule has 0 unspecified atom stereocenters. The summed E-state index contributed by atoms with van der Waals surface area (Å²) in [6.07, 6.45) is 5.70. The fourth-order valence-corrected chi connectivity index (χ4v) is 2.04. The molecule has 0 heterocycles. The number of hydrogen-bond donors (Lipinski definition) is 0. The van der Waals surface area contributed by atoms with Crippen LogP contribution in [0.5, 0.6) is 0 Å². The fraction of sp³-hybridized carbons (Fsp3) is 0.444. The van der Waals surface area contributed by atoms with Crippen molar-refractivity contribution in [1.29, 1.82) is 5.26 Å². The molecule has 0 saturated heterocycles. The van der Waals surface area contributed by atoms with Gasteiger partial charge < -0.3 is 4.90 Å². The van der Waals surface area contributed by atoms with Gasteiger partial charge in [0, 0.05) is 13.1 Å². The Morgan fingerprint density at radius 1 is 1.14 bits per heavy atom. The summed E-state index contributed by atoms with van der Waals surface area (Å²) in [6.45, 7) is 5.66. The maximum Gasteiger partial charge on any atom is 0.264 e. The highest BCUT2D eigenvalue weighted by atomic mass is 16.2. The molecular weight excluding hydrogens is 260 g/mol. The van der Waals surface area contributed by atoms with Crippen LogP contribution in [-0.2, 0) is 4.79 Å². The van der Waals surface area contributed by atoms with E-state index in [2.05, 4.69) is 19.9 Å². The number of carbonyl (C=O) groups is 1. The van der Waals surface area contributed by atoms with Gasteiger partial charge in [0.05, 0.1) is 0 Å². The molecule has 0 fully saturated rings. The van der Waals surface area contributed by atoms with E-state index in [1.165, 1.54) is 0 Å². The predicted molar refractivity (Wildman–Crippen MR) is 86.4 cm³/mol. The third-order valence-corrected chi connectivity index (χ3v) is 3.31. The van der Waals surface area contributed by atoms with Crippen molar-refractivity contribution in [3.05, 3.63) is 41.5 Å². The van der Waals surface area contributed by atoms with Crippen molar-refractivity contribution in [1.82, 2.24) is 4.90 Å². The second kappa shape index (κ2) is 9.77. The third-order valence-electron chi connectivity index (χ3n) is 3.31. The highest BCUT2D eigenvalue weighted by Crippen LogP contribution is 2.11. The summed E-state index contributed by atoms with van der Waals surface area (Å²) >= 11 is 0. The Hall–Kier alpha value is -2.08. The normalized spacial score (nSPS) is 11.0. The zero-order valence-corrected chi connectivity index (χ0v) is 13.0. The number of benzene rings is 1.